The summed E-state index contributed by atoms with van der Waals surface area (Å²) in [7, 11) is 0. The molecular formula is C28H22O8. The van der Waals surface area contributed by atoms with Gasteiger partial charge in [0.05, 0.1) is 24.3 Å². The molecule has 6 rings (SSSR count). The molecule has 0 bridgehead atoms. The smallest absolute Gasteiger partial charge is 0.338 e. The molecule has 0 unspecified atom stereocenters. The molecule has 36 heavy (non-hydrogen) atoms. The molecule has 2 saturated heterocycles. The molecule has 0 aromatic heterocycles. The van der Waals surface area contributed by atoms with Gasteiger partial charge in [0.2, 0.25) is 0 Å². The van der Waals surface area contributed by atoms with Crippen LogP contribution < -0.4 is 0 Å². The minimum Gasteiger partial charge on any atom is -0.508 e. The van der Waals surface area contributed by atoms with Crippen LogP contribution in [-0.2, 0) is 18.9 Å². The average molecular weight is 486 g/mol. The van der Waals surface area contributed by atoms with Gasteiger partial charge in [-0.1, -0.05) is 24.3 Å². The highest BCUT2D eigenvalue weighted by atomic mass is 16.7. The van der Waals surface area contributed by atoms with Crippen LogP contribution in [0.3, 0.4) is 0 Å². The summed E-state index contributed by atoms with van der Waals surface area (Å²) in [4.78, 5) is 25.6. The van der Waals surface area contributed by atoms with Gasteiger partial charge in [-0.2, -0.15) is 0 Å². The summed E-state index contributed by atoms with van der Waals surface area (Å²) in [6, 6.07) is 20.0. The summed E-state index contributed by atoms with van der Waals surface area (Å²) in [6.45, 7) is 0.270. The van der Waals surface area contributed by atoms with Gasteiger partial charge >= 0.3 is 11.9 Å². The number of phenols is 2. The van der Waals surface area contributed by atoms with E-state index in [1.54, 1.807) is 72.8 Å². The molecule has 8 nitrogen and oxygen atoms in total. The Bertz CT molecular complexity index is 1380. The zero-order chi connectivity index (χ0) is 24.8. The third-order valence-corrected chi connectivity index (χ3v) is 6.60. The zero-order valence-electron chi connectivity index (χ0n) is 19.0. The second kappa shape index (κ2) is 8.82. The molecule has 0 radical (unpaired) electrons. The number of benzene rings is 4. The van der Waals surface area contributed by atoms with Crippen LogP contribution >= 0.6 is 0 Å². The Morgan fingerprint density at radius 3 is 1.44 bits per heavy atom. The lowest BCUT2D eigenvalue weighted by Crippen LogP contribution is -2.36. The van der Waals surface area contributed by atoms with Crippen LogP contribution in [0.1, 0.15) is 20.7 Å². The highest BCUT2D eigenvalue weighted by Crippen LogP contribution is 2.32. The fourth-order valence-corrected chi connectivity index (χ4v) is 4.76. The molecule has 2 fully saturated rings. The van der Waals surface area contributed by atoms with Crippen LogP contribution in [0.5, 0.6) is 11.5 Å². The summed E-state index contributed by atoms with van der Waals surface area (Å²) in [5.74, 6) is -0.709. The number of aromatic hydroxyl groups is 2. The summed E-state index contributed by atoms with van der Waals surface area (Å²) in [5.41, 5.74) is 0.754. The van der Waals surface area contributed by atoms with Crippen molar-refractivity contribution in [1.82, 2.24) is 0 Å². The quantitative estimate of drug-likeness (QED) is 0.417. The van der Waals surface area contributed by atoms with Gasteiger partial charge in [0, 0.05) is 0 Å². The van der Waals surface area contributed by atoms with Crippen molar-refractivity contribution in [3.8, 4) is 11.5 Å². The highest BCUT2D eigenvalue weighted by Gasteiger charge is 2.51. The van der Waals surface area contributed by atoms with E-state index >= 15 is 0 Å². The Morgan fingerprint density at radius 1 is 0.611 bits per heavy atom. The molecule has 0 aliphatic carbocycles. The van der Waals surface area contributed by atoms with Gasteiger partial charge < -0.3 is 29.2 Å². The molecule has 2 aliphatic heterocycles. The van der Waals surface area contributed by atoms with Gasteiger partial charge in [0.1, 0.15) is 23.7 Å². The predicted octanol–water partition coefficient (Wildman–Crippen LogP) is 3.95. The Labute approximate surface area is 205 Å². The van der Waals surface area contributed by atoms with Crippen LogP contribution in [0, 0.1) is 0 Å². The fourth-order valence-electron chi connectivity index (χ4n) is 4.76. The van der Waals surface area contributed by atoms with E-state index in [2.05, 4.69) is 0 Å². The average Bonchev–Trinajstić information content (AvgIpc) is 3.46. The van der Waals surface area contributed by atoms with Gasteiger partial charge in [-0.15, -0.1) is 0 Å². The number of fused-ring (bicyclic) bond motifs is 3. The Hall–Kier alpha value is -4.14. The third kappa shape index (κ3) is 4.10. The first-order chi connectivity index (χ1) is 17.4. The van der Waals surface area contributed by atoms with Crippen molar-refractivity contribution < 1.29 is 38.7 Å². The summed E-state index contributed by atoms with van der Waals surface area (Å²) in [6.07, 6.45) is -2.34. The zero-order valence-corrected chi connectivity index (χ0v) is 19.0. The summed E-state index contributed by atoms with van der Waals surface area (Å²) < 4.78 is 23.0. The van der Waals surface area contributed by atoms with Gasteiger partial charge in [-0.25, -0.2) is 9.59 Å². The number of carbonyl (C=O) groups excluding carboxylic acids is 2. The SMILES string of the molecule is O=C(O[C@@H]1CO[C@H]2[C@@H]1OC[C@H]2OC(=O)c1ccc2cc(O)ccc2c1)c1ccc2cc(O)ccc2c1. The first kappa shape index (κ1) is 22.3. The summed E-state index contributed by atoms with van der Waals surface area (Å²) in [5, 5.41) is 22.5. The van der Waals surface area contributed by atoms with Crippen LogP contribution in [0.2, 0.25) is 0 Å². The molecule has 2 heterocycles. The topological polar surface area (TPSA) is 112 Å². The van der Waals surface area contributed by atoms with Gasteiger partial charge in [0.15, 0.2) is 12.2 Å². The van der Waals surface area contributed by atoms with E-state index in [1.807, 2.05) is 0 Å². The molecule has 4 aromatic rings. The van der Waals surface area contributed by atoms with Crippen molar-refractivity contribution in [2.45, 2.75) is 24.4 Å². The Balaban J connectivity index is 1.11. The van der Waals surface area contributed by atoms with Crippen molar-refractivity contribution in [2.75, 3.05) is 13.2 Å². The fraction of sp³-hybridized carbons (Fsp3) is 0.214. The molecule has 4 atom stereocenters. The molecule has 0 spiro atoms. The molecular weight excluding hydrogens is 464 g/mol. The standard InChI is InChI=1S/C28H22O8/c29-21-7-5-15-9-19(3-1-17(15)11-21)27(31)35-23-13-33-26-24(14-34-25(23)26)36-28(32)20-4-2-18-12-22(30)8-6-16(18)10-20/h1-12,23-26,29-30H,13-14H2/t23-,24-,25-,26-/m1/s1. The number of rotatable bonds is 4. The van der Waals surface area contributed by atoms with Crippen LogP contribution in [-0.4, -0.2) is 59.8 Å². The third-order valence-electron chi connectivity index (χ3n) is 6.60. The van der Waals surface area contributed by atoms with Gasteiger partial charge in [-0.3, -0.25) is 0 Å². The van der Waals surface area contributed by atoms with E-state index in [1.165, 1.54) is 0 Å². The van der Waals surface area contributed by atoms with Crippen molar-refractivity contribution in [2.24, 2.45) is 0 Å². The van der Waals surface area contributed by atoms with E-state index in [0.29, 0.717) is 11.1 Å². The van der Waals surface area contributed by atoms with E-state index in [-0.39, 0.29) is 24.7 Å². The molecule has 2 N–H and O–H groups in total. The van der Waals surface area contributed by atoms with E-state index in [4.69, 9.17) is 18.9 Å². The lowest BCUT2D eigenvalue weighted by atomic mass is 10.1. The van der Waals surface area contributed by atoms with Crippen LogP contribution in [0.15, 0.2) is 72.8 Å². The first-order valence-corrected chi connectivity index (χ1v) is 11.6. The highest BCUT2D eigenvalue weighted by molar-refractivity contribution is 5.96. The number of hydrogen-bond acceptors (Lipinski definition) is 8. The largest absolute Gasteiger partial charge is 0.508 e. The maximum atomic E-state index is 12.8. The molecule has 2 aliphatic rings. The molecule has 182 valence electrons. The second-order valence-electron chi connectivity index (χ2n) is 8.98. The van der Waals surface area contributed by atoms with E-state index < -0.39 is 36.4 Å². The molecule has 0 saturated carbocycles. The molecule has 0 amide bonds. The van der Waals surface area contributed by atoms with Crippen LogP contribution in [0.4, 0.5) is 0 Å². The maximum absolute atomic E-state index is 12.8. The lowest BCUT2D eigenvalue weighted by molar-refractivity contribution is -0.0287. The number of esters is 2. The van der Waals surface area contributed by atoms with Gasteiger partial charge in [0.25, 0.3) is 0 Å². The van der Waals surface area contributed by atoms with E-state index in [0.717, 1.165) is 21.5 Å². The number of hydrogen-bond donors (Lipinski definition) is 2. The first-order valence-electron chi connectivity index (χ1n) is 11.6. The van der Waals surface area contributed by atoms with Crippen molar-refractivity contribution in [3.05, 3.63) is 83.9 Å². The van der Waals surface area contributed by atoms with Gasteiger partial charge in [-0.05, 0) is 70.1 Å². The minimum absolute atomic E-state index is 0.135. The minimum atomic E-state index is -0.630. The monoisotopic (exact) mass is 486 g/mol. The Morgan fingerprint density at radius 2 is 1.00 bits per heavy atom. The Kier molecular flexibility index (Phi) is 5.47. The van der Waals surface area contributed by atoms with E-state index in [9.17, 15) is 19.8 Å². The predicted molar refractivity (Wildman–Crippen MR) is 129 cm³/mol. The van der Waals surface area contributed by atoms with Crippen molar-refractivity contribution >= 4 is 33.5 Å². The molecule has 8 heteroatoms. The van der Waals surface area contributed by atoms with Crippen molar-refractivity contribution in [3.63, 3.8) is 0 Å². The second-order valence-corrected chi connectivity index (χ2v) is 8.98. The number of carbonyl (C=O) groups is 2. The molecule has 4 aromatic carbocycles. The van der Waals surface area contributed by atoms with Crippen molar-refractivity contribution in [1.29, 1.82) is 0 Å². The normalized spacial score (nSPS) is 23.0. The van der Waals surface area contributed by atoms with Crippen LogP contribution in [0.25, 0.3) is 21.5 Å². The number of phenolic OH excluding ortho intramolecular Hbond substituents is 2. The number of ether oxygens (including phenoxy) is 4. The maximum Gasteiger partial charge on any atom is 0.338 e. The lowest BCUT2D eigenvalue weighted by Gasteiger charge is -2.17. The summed E-state index contributed by atoms with van der Waals surface area (Å²) >= 11 is 0.